The SMILES string of the molecule is CC(C)(CC(=O)O)NC(=O)c1cc(-c2ccco2)on1. The molecule has 106 valence electrons. The molecular formula is C13H14N2O5. The van der Waals surface area contributed by atoms with Crippen LogP contribution in [-0.2, 0) is 4.79 Å². The van der Waals surface area contributed by atoms with Crippen LogP contribution in [0.4, 0.5) is 0 Å². The van der Waals surface area contributed by atoms with Gasteiger partial charge in [-0.15, -0.1) is 0 Å². The van der Waals surface area contributed by atoms with Crippen LogP contribution in [0.3, 0.4) is 0 Å². The Bertz CT molecular complexity index is 613. The lowest BCUT2D eigenvalue weighted by Gasteiger charge is -2.23. The first-order valence-electron chi connectivity index (χ1n) is 5.92. The van der Waals surface area contributed by atoms with E-state index in [9.17, 15) is 9.59 Å². The van der Waals surface area contributed by atoms with Gasteiger partial charge < -0.3 is 19.4 Å². The van der Waals surface area contributed by atoms with Crippen LogP contribution < -0.4 is 5.32 Å². The lowest BCUT2D eigenvalue weighted by molar-refractivity contribution is -0.138. The zero-order valence-corrected chi connectivity index (χ0v) is 11.0. The van der Waals surface area contributed by atoms with Crippen molar-refractivity contribution in [2.75, 3.05) is 0 Å². The molecule has 0 saturated heterocycles. The minimum Gasteiger partial charge on any atom is -0.481 e. The molecule has 2 aromatic heterocycles. The van der Waals surface area contributed by atoms with E-state index in [1.54, 1.807) is 26.0 Å². The summed E-state index contributed by atoms with van der Waals surface area (Å²) in [4.78, 5) is 22.7. The molecular weight excluding hydrogens is 264 g/mol. The number of nitrogens with zero attached hydrogens (tertiary/aromatic N) is 1. The van der Waals surface area contributed by atoms with E-state index in [0.29, 0.717) is 11.5 Å². The second-order valence-corrected chi connectivity index (χ2v) is 4.96. The summed E-state index contributed by atoms with van der Waals surface area (Å²) in [6, 6.07) is 4.80. The molecule has 0 aromatic carbocycles. The van der Waals surface area contributed by atoms with Crippen molar-refractivity contribution in [2.45, 2.75) is 25.8 Å². The van der Waals surface area contributed by atoms with Gasteiger partial charge in [0.15, 0.2) is 11.5 Å². The summed E-state index contributed by atoms with van der Waals surface area (Å²) >= 11 is 0. The summed E-state index contributed by atoms with van der Waals surface area (Å²) in [5.74, 6) is -0.706. The van der Waals surface area contributed by atoms with Crippen molar-refractivity contribution in [2.24, 2.45) is 0 Å². The largest absolute Gasteiger partial charge is 0.481 e. The molecule has 2 heterocycles. The number of amides is 1. The zero-order valence-electron chi connectivity index (χ0n) is 11.0. The summed E-state index contributed by atoms with van der Waals surface area (Å²) in [5, 5.41) is 15.0. The molecule has 2 rings (SSSR count). The lowest BCUT2D eigenvalue weighted by Crippen LogP contribution is -2.45. The molecule has 0 aliphatic heterocycles. The van der Waals surface area contributed by atoms with Crippen molar-refractivity contribution in [3.05, 3.63) is 30.2 Å². The molecule has 7 nitrogen and oxygen atoms in total. The van der Waals surface area contributed by atoms with Crippen LogP contribution in [0.1, 0.15) is 30.8 Å². The zero-order chi connectivity index (χ0) is 14.8. The molecule has 2 N–H and O–H groups in total. The number of aliphatic carboxylic acids is 1. The monoisotopic (exact) mass is 278 g/mol. The van der Waals surface area contributed by atoms with Crippen LogP contribution in [0.25, 0.3) is 11.5 Å². The molecule has 0 radical (unpaired) electrons. The molecule has 0 fully saturated rings. The van der Waals surface area contributed by atoms with Gasteiger partial charge in [0.05, 0.1) is 12.7 Å². The minimum atomic E-state index is -0.994. The fourth-order valence-electron chi connectivity index (χ4n) is 1.71. The molecule has 7 heteroatoms. The van der Waals surface area contributed by atoms with Crippen LogP contribution in [0, 0.1) is 0 Å². The number of rotatable bonds is 5. The Morgan fingerprint density at radius 1 is 1.40 bits per heavy atom. The highest BCUT2D eigenvalue weighted by Gasteiger charge is 2.26. The van der Waals surface area contributed by atoms with Gasteiger partial charge in [-0.05, 0) is 26.0 Å². The molecule has 0 aliphatic carbocycles. The Labute approximate surface area is 114 Å². The molecule has 0 saturated carbocycles. The molecule has 0 atom stereocenters. The van der Waals surface area contributed by atoms with Gasteiger partial charge in [0.2, 0.25) is 5.76 Å². The van der Waals surface area contributed by atoms with Crippen molar-refractivity contribution < 1.29 is 23.6 Å². The maximum atomic E-state index is 12.0. The van der Waals surface area contributed by atoms with Gasteiger partial charge in [-0.1, -0.05) is 5.16 Å². The number of carbonyl (C=O) groups is 2. The van der Waals surface area contributed by atoms with E-state index in [0.717, 1.165) is 0 Å². The van der Waals surface area contributed by atoms with Gasteiger partial charge in [0, 0.05) is 11.6 Å². The third kappa shape index (κ3) is 3.25. The molecule has 2 aromatic rings. The molecule has 1 amide bonds. The highest BCUT2D eigenvalue weighted by atomic mass is 16.5. The Morgan fingerprint density at radius 2 is 2.15 bits per heavy atom. The van der Waals surface area contributed by atoms with E-state index in [-0.39, 0.29) is 12.1 Å². The number of carboxylic acids is 1. The third-order valence-corrected chi connectivity index (χ3v) is 2.55. The Balaban J connectivity index is 2.09. The van der Waals surface area contributed by atoms with Gasteiger partial charge in [0.25, 0.3) is 5.91 Å². The van der Waals surface area contributed by atoms with Gasteiger partial charge in [-0.25, -0.2) is 0 Å². The van der Waals surface area contributed by atoms with Gasteiger partial charge >= 0.3 is 5.97 Å². The van der Waals surface area contributed by atoms with Crippen molar-refractivity contribution in [1.82, 2.24) is 10.5 Å². The Hall–Kier alpha value is -2.57. The summed E-state index contributed by atoms with van der Waals surface area (Å²) in [6.45, 7) is 3.24. The highest BCUT2D eigenvalue weighted by molar-refractivity contribution is 5.93. The molecule has 0 bridgehead atoms. The highest BCUT2D eigenvalue weighted by Crippen LogP contribution is 2.21. The predicted molar refractivity (Wildman–Crippen MR) is 68.0 cm³/mol. The smallest absolute Gasteiger partial charge is 0.305 e. The number of hydrogen-bond acceptors (Lipinski definition) is 5. The van der Waals surface area contributed by atoms with Crippen molar-refractivity contribution >= 4 is 11.9 Å². The second-order valence-electron chi connectivity index (χ2n) is 4.96. The van der Waals surface area contributed by atoms with Gasteiger partial charge in [-0.2, -0.15) is 0 Å². The van der Waals surface area contributed by atoms with Crippen LogP contribution >= 0.6 is 0 Å². The van der Waals surface area contributed by atoms with E-state index >= 15 is 0 Å². The third-order valence-electron chi connectivity index (χ3n) is 2.55. The average molecular weight is 278 g/mol. The number of hydrogen-bond donors (Lipinski definition) is 2. The lowest BCUT2D eigenvalue weighted by atomic mass is 10.0. The standard InChI is InChI=1S/C13H14N2O5/c1-13(2,7-11(16)17)14-12(18)8-6-10(20-15-8)9-4-3-5-19-9/h3-6H,7H2,1-2H3,(H,14,18)(H,16,17). The minimum absolute atomic E-state index is 0.0647. The van der Waals surface area contributed by atoms with Gasteiger partial charge in [0.1, 0.15) is 0 Å². The van der Waals surface area contributed by atoms with Crippen LogP contribution in [-0.4, -0.2) is 27.7 Å². The summed E-state index contributed by atoms with van der Waals surface area (Å²) < 4.78 is 10.1. The quantitative estimate of drug-likeness (QED) is 0.865. The topological polar surface area (TPSA) is 106 Å². The Kier molecular flexibility index (Phi) is 3.60. The van der Waals surface area contributed by atoms with Gasteiger partial charge in [-0.3, -0.25) is 9.59 Å². The summed E-state index contributed by atoms with van der Waals surface area (Å²) in [7, 11) is 0. The molecule has 0 unspecified atom stereocenters. The van der Waals surface area contributed by atoms with E-state index < -0.39 is 17.4 Å². The molecule has 20 heavy (non-hydrogen) atoms. The van der Waals surface area contributed by atoms with Crippen molar-refractivity contribution in [1.29, 1.82) is 0 Å². The first-order valence-corrected chi connectivity index (χ1v) is 5.92. The summed E-state index contributed by atoms with van der Waals surface area (Å²) in [5.41, 5.74) is -0.818. The number of nitrogens with one attached hydrogen (secondary N) is 1. The maximum Gasteiger partial charge on any atom is 0.305 e. The summed E-state index contributed by atoms with van der Waals surface area (Å²) in [6.07, 6.45) is 1.29. The number of carbonyl (C=O) groups excluding carboxylic acids is 1. The number of furan rings is 1. The van der Waals surface area contributed by atoms with E-state index in [1.807, 2.05) is 0 Å². The number of aromatic nitrogens is 1. The van der Waals surface area contributed by atoms with Crippen LogP contribution in [0.2, 0.25) is 0 Å². The molecule has 0 spiro atoms. The number of carboxylic acid groups (broad SMARTS) is 1. The second kappa shape index (κ2) is 5.20. The Morgan fingerprint density at radius 3 is 2.75 bits per heavy atom. The van der Waals surface area contributed by atoms with Crippen LogP contribution in [0.5, 0.6) is 0 Å². The van der Waals surface area contributed by atoms with Crippen LogP contribution in [0.15, 0.2) is 33.4 Å². The van der Waals surface area contributed by atoms with Crippen molar-refractivity contribution in [3.8, 4) is 11.5 Å². The fraction of sp³-hybridized carbons (Fsp3) is 0.308. The van der Waals surface area contributed by atoms with E-state index in [1.165, 1.54) is 12.3 Å². The average Bonchev–Trinajstić information content (AvgIpc) is 2.97. The first kappa shape index (κ1) is 13.9. The van der Waals surface area contributed by atoms with E-state index in [4.69, 9.17) is 14.0 Å². The maximum absolute atomic E-state index is 12.0. The predicted octanol–water partition coefficient (Wildman–Crippen LogP) is 1.92. The molecule has 0 aliphatic rings. The van der Waals surface area contributed by atoms with E-state index in [2.05, 4.69) is 10.5 Å². The normalized spacial score (nSPS) is 11.3. The fourth-order valence-corrected chi connectivity index (χ4v) is 1.71. The van der Waals surface area contributed by atoms with Crippen molar-refractivity contribution in [3.63, 3.8) is 0 Å². The first-order chi connectivity index (χ1) is 9.37.